The smallest absolute Gasteiger partial charge is 0.262 e. The fourth-order valence-electron chi connectivity index (χ4n) is 2.94. The summed E-state index contributed by atoms with van der Waals surface area (Å²) < 4.78 is 5.37. The van der Waals surface area contributed by atoms with Crippen molar-refractivity contribution in [3.63, 3.8) is 0 Å². The van der Waals surface area contributed by atoms with Crippen molar-refractivity contribution in [2.45, 2.75) is 23.6 Å². The molecule has 3 aromatic carbocycles. The van der Waals surface area contributed by atoms with Crippen LogP contribution in [0, 0.1) is 13.8 Å². The fraction of sp³-hybridized carbons (Fsp3) is 0.130. The number of benzene rings is 3. The standard InChI is InChI=1S/C23H20N2O3S/c1-14-3-7-19(11-15(14)2)29-18-8-5-17(6-9-18)24-23(27)16-4-10-20-21(12-16)28-13-22(26)25-20/h3-12H,13H2,1-2H3,(H,24,27)(H,25,26). The Morgan fingerprint density at radius 2 is 1.72 bits per heavy atom. The molecule has 0 atom stereocenters. The van der Waals surface area contributed by atoms with Crippen LogP contribution in [-0.2, 0) is 4.79 Å². The van der Waals surface area contributed by atoms with Crippen molar-refractivity contribution in [3.8, 4) is 5.75 Å². The Kier molecular flexibility index (Phi) is 5.27. The minimum absolute atomic E-state index is 0.0439. The van der Waals surface area contributed by atoms with E-state index in [1.807, 2.05) is 24.3 Å². The molecule has 29 heavy (non-hydrogen) atoms. The highest BCUT2D eigenvalue weighted by Crippen LogP contribution is 2.31. The van der Waals surface area contributed by atoms with Gasteiger partial charge in [-0.1, -0.05) is 17.8 Å². The predicted molar refractivity (Wildman–Crippen MR) is 115 cm³/mol. The molecule has 1 aliphatic rings. The summed E-state index contributed by atoms with van der Waals surface area (Å²) in [5, 5.41) is 5.60. The van der Waals surface area contributed by atoms with Gasteiger partial charge in [0, 0.05) is 21.0 Å². The van der Waals surface area contributed by atoms with Crippen molar-refractivity contribution < 1.29 is 14.3 Å². The van der Waals surface area contributed by atoms with E-state index in [9.17, 15) is 9.59 Å². The summed E-state index contributed by atoms with van der Waals surface area (Å²) >= 11 is 1.69. The molecule has 5 nitrogen and oxygen atoms in total. The second-order valence-corrected chi connectivity index (χ2v) is 8.02. The topological polar surface area (TPSA) is 67.4 Å². The largest absolute Gasteiger partial charge is 0.482 e. The van der Waals surface area contributed by atoms with Gasteiger partial charge in [-0.2, -0.15) is 0 Å². The van der Waals surface area contributed by atoms with E-state index in [1.54, 1.807) is 30.0 Å². The summed E-state index contributed by atoms with van der Waals surface area (Å²) in [6, 6.07) is 19.1. The van der Waals surface area contributed by atoms with Crippen molar-refractivity contribution in [2.24, 2.45) is 0 Å². The average Bonchev–Trinajstić information content (AvgIpc) is 2.72. The molecule has 4 rings (SSSR count). The van der Waals surface area contributed by atoms with Crippen molar-refractivity contribution in [3.05, 3.63) is 77.4 Å². The first-order valence-electron chi connectivity index (χ1n) is 9.21. The van der Waals surface area contributed by atoms with Crippen LogP contribution in [0.15, 0.2) is 70.5 Å². The molecule has 0 aromatic heterocycles. The number of hydrogen-bond acceptors (Lipinski definition) is 4. The third-order valence-corrected chi connectivity index (χ3v) is 5.70. The number of ether oxygens (including phenoxy) is 1. The molecule has 0 bridgehead atoms. The number of aryl methyl sites for hydroxylation is 2. The van der Waals surface area contributed by atoms with Gasteiger partial charge in [0.2, 0.25) is 0 Å². The van der Waals surface area contributed by atoms with E-state index in [-0.39, 0.29) is 18.4 Å². The quantitative estimate of drug-likeness (QED) is 0.639. The van der Waals surface area contributed by atoms with E-state index >= 15 is 0 Å². The molecule has 0 saturated carbocycles. The average molecular weight is 404 g/mol. The number of carbonyl (C=O) groups excluding carboxylic acids is 2. The van der Waals surface area contributed by atoms with Crippen LogP contribution in [0.2, 0.25) is 0 Å². The van der Waals surface area contributed by atoms with E-state index in [4.69, 9.17) is 4.74 Å². The Bertz CT molecular complexity index is 1090. The molecule has 3 aromatic rings. The minimum atomic E-state index is -0.233. The third kappa shape index (κ3) is 4.43. The molecule has 0 radical (unpaired) electrons. The molecule has 1 heterocycles. The van der Waals surface area contributed by atoms with Crippen LogP contribution in [0.4, 0.5) is 11.4 Å². The summed E-state index contributed by atoms with van der Waals surface area (Å²) in [5.74, 6) is 0.0636. The fourth-order valence-corrected chi connectivity index (χ4v) is 3.86. The SMILES string of the molecule is Cc1ccc(Sc2ccc(NC(=O)c3ccc4c(c3)OCC(=O)N4)cc2)cc1C. The number of anilines is 2. The summed E-state index contributed by atoms with van der Waals surface area (Å²) in [5.41, 5.74) is 4.31. The van der Waals surface area contributed by atoms with Gasteiger partial charge in [0.25, 0.3) is 11.8 Å². The molecule has 6 heteroatoms. The Balaban J connectivity index is 1.42. The Morgan fingerprint density at radius 1 is 0.966 bits per heavy atom. The summed E-state index contributed by atoms with van der Waals surface area (Å²) in [6.07, 6.45) is 0. The van der Waals surface area contributed by atoms with Crippen LogP contribution in [0.3, 0.4) is 0 Å². The van der Waals surface area contributed by atoms with Gasteiger partial charge in [-0.25, -0.2) is 0 Å². The molecule has 2 N–H and O–H groups in total. The molecule has 0 saturated heterocycles. The Labute approximate surface area is 173 Å². The van der Waals surface area contributed by atoms with E-state index in [2.05, 4.69) is 42.7 Å². The molecule has 1 aliphatic heterocycles. The second kappa shape index (κ2) is 8.01. The molecular weight excluding hydrogens is 384 g/mol. The molecule has 146 valence electrons. The van der Waals surface area contributed by atoms with E-state index in [1.165, 1.54) is 16.0 Å². The maximum atomic E-state index is 12.6. The highest BCUT2D eigenvalue weighted by Gasteiger charge is 2.18. The first-order chi connectivity index (χ1) is 14.0. The van der Waals surface area contributed by atoms with Gasteiger partial charge in [-0.3, -0.25) is 9.59 Å². The van der Waals surface area contributed by atoms with Gasteiger partial charge in [-0.15, -0.1) is 0 Å². The van der Waals surface area contributed by atoms with Crippen LogP contribution in [-0.4, -0.2) is 18.4 Å². The second-order valence-electron chi connectivity index (χ2n) is 6.87. The molecule has 2 amide bonds. The molecule has 0 spiro atoms. The van der Waals surface area contributed by atoms with Gasteiger partial charge in [0.15, 0.2) is 6.61 Å². The zero-order valence-corrected chi connectivity index (χ0v) is 16.9. The van der Waals surface area contributed by atoms with Gasteiger partial charge >= 0.3 is 0 Å². The first-order valence-corrected chi connectivity index (χ1v) is 10.0. The lowest BCUT2D eigenvalue weighted by molar-refractivity contribution is -0.118. The zero-order valence-electron chi connectivity index (χ0n) is 16.1. The summed E-state index contributed by atoms with van der Waals surface area (Å²) in [4.78, 5) is 26.2. The highest BCUT2D eigenvalue weighted by molar-refractivity contribution is 7.99. The van der Waals surface area contributed by atoms with Crippen LogP contribution in [0.5, 0.6) is 5.75 Å². The van der Waals surface area contributed by atoms with Crippen molar-refractivity contribution in [1.82, 2.24) is 0 Å². The van der Waals surface area contributed by atoms with Gasteiger partial charge in [0.1, 0.15) is 5.75 Å². The molecule has 0 aliphatic carbocycles. The van der Waals surface area contributed by atoms with E-state index < -0.39 is 0 Å². The lowest BCUT2D eigenvalue weighted by Crippen LogP contribution is -2.25. The lowest BCUT2D eigenvalue weighted by Gasteiger charge is -2.18. The zero-order chi connectivity index (χ0) is 20.4. The van der Waals surface area contributed by atoms with Gasteiger partial charge < -0.3 is 15.4 Å². The van der Waals surface area contributed by atoms with Crippen LogP contribution in [0.25, 0.3) is 0 Å². The number of rotatable bonds is 4. The Hall–Kier alpha value is -3.25. The number of carbonyl (C=O) groups is 2. The number of fused-ring (bicyclic) bond motifs is 1. The summed E-state index contributed by atoms with van der Waals surface area (Å²) in [7, 11) is 0. The lowest BCUT2D eigenvalue weighted by atomic mass is 10.1. The van der Waals surface area contributed by atoms with Gasteiger partial charge in [-0.05, 0) is 79.6 Å². The number of amides is 2. The third-order valence-electron chi connectivity index (χ3n) is 4.70. The molecular formula is C23H20N2O3S. The van der Waals surface area contributed by atoms with Crippen LogP contribution < -0.4 is 15.4 Å². The molecule has 0 fully saturated rings. The number of hydrogen-bond donors (Lipinski definition) is 2. The highest BCUT2D eigenvalue weighted by atomic mass is 32.2. The monoisotopic (exact) mass is 404 g/mol. The first kappa shape index (κ1) is 19.1. The van der Waals surface area contributed by atoms with Gasteiger partial charge in [0.05, 0.1) is 5.69 Å². The summed E-state index contributed by atoms with van der Waals surface area (Å²) in [6.45, 7) is 4.17. The Morgan fingerprint density at radius 3 is 2.48 bits per heavy atom. The maximum Gasteiger partial charge on any atom is 0.262 e. The van der Waals surface area contributed by atoms with Crippen LogP contribution in [0.1, 0.15) is 21.5 Å². The van der Waals surface area contributed by atoms with Crippen LogP contribution >= 0.6 is 11.8 Å². The maximum absolute atomic E-state index is 12.6. The van der Waals surface area contributed by atoms with E-state index in [0.717, 1.165) is 4.90 Å². The molecule has 0 unspecified atom stereocenters. The van der Waals surface area contributed by atoms with Crippen molar-refractivity contribution >= 4 is 35.0 Å². The normalized spacial score (nSPS) is 12.6. The van der Waals surface area contributed by atoms with Crippen molar-refractivity contribution in [1.29, 1.82) is 0 Å². The van der Waals surface area contributed by atoms with Crippen molar-refractivity contribution in [2.75, 3.05) is 17.2 Å². The number of nitrogens with one attached hydrogen (secondary N) is 2. The minimum Gasteiger partial charge on any atom is -0.482 e. The predicted octanol–water partition coefficient (Wildman–Crippen LogP) is 5.04. The van der Waals surface area contributed by atoms with E-state index in [0.29, 0.717) is 22.7 Å².